The van der Waals surface area contributed by atoms with Crippen LogP contribution in [0.25, 0.3) is 0 Å². The maximum Gasteiger partial charge on any atom is 0.306 e. The Balaban J connectivity index is 3.43. The first kappa shape index (κ1) is 24.9. The fourth-order valence-electron chi connectivity index (χ4n) is 2.47. The Labute approximate surface area is 161 Å². The fraction of sp³-hybridized carbons (Fsp3) is 0.909. The van der Waals surface area contributed by atoms with Crippen LogP contribution in [0.3, 0.4) is 0 Å². The highest BCUT2D eigenvalue weighted by atomic mass is 16.5. The quantitative estimate of drug-likeness (QED) is 0.254. The molecule has 0 amide bonds. The monoisotopic (exact) mass is 370 g/mol. The average molecular weight is 371 g/mol. The zero-order valence-corrected chi connectivity index (χ0v) is 17.9. The number of ether oxygens (including phenoxy) is 2. The molecule has 0 saturated heterocycles. The van der Waals surface area contributed by atoms with Crippen molar-refractivity contribution in [3.8, 4) is 0 Å². The summed E-state index contributed by atoms with van der Waals surface area (Å²) >= 11 is 0. The predicted octanol–water partition coefficient (Wildman–Crippen LogP) is 6.21. The van der Waals surface area contributed by atoms with E-state index in [1.54, 1.807) is 0 Å². The smallest absolute Gasteiger partial charge is 0.306 e. The number of unbranched alkanes of at least 4 members (excludes halogenated alkanes) is 8. The number of carbonyl (C=O) groups excluding carboxylic acids is 2. The standard InChI is InChI=1S/C22H42O4/c1-6-7-8-15-18-25-20(23)16-13-11-9-10-12-14-17-21(24)26-19(2)22(3,4)5/h19H,6-18H2,1-5H3. The molecule has 0 heterocycles. The van der Waals surface area contributed by atoms with Crippen LogP contribution >= 0.6 is 0 Å². The fourth-order valence-corrected chi connectivity index (χ4v) is 2.47. The van der Waals surface area contributed by atoms with Gasteiger partial charge in [-0.2, -0.15) is 0 Å². The van der Waals surface area contributed by atoms with E-state index >= 15 is 0 Å². The van der Waals surface area contributed by atoms with Gasteiger partial charge in [0.2, 0.25) is 0 Å². The first-order valence-electron chi connectivity index (χ1n) is 10.6. The van der Waals surface area contributed by atoms with E-state index in [0.29, 0.717) is 19.4 Å². The lowest BCUT2D eigenvalue weighted by Crippen LogP contribution is -2.28. The van der Waals surface area contributed by atoms with Crippen LogP contribution in [-0.2, 0) is 19.1 Å². The summed E-state index contributed by atoms with van der Waals surface area (Å²) in [5.41, 5.74) is -0.00762. The molecule has 0 aliphatic rings. The summed E-state index contributed by atoms with van der Waals surface area (Å²) in [5.74, 6) is -0.147. The van der Waals surface area contributed by atoms with Gasteiger partial charge in [-0.25, -0.2) is 0 Å². The minimum Gasteiger partial charge on any atom is -0.466 e. The van der Waals surface area contributed by atoms with E-state index in [0.717, 1.165) is 51.4 Å². The van der Waals surface area contributed by atoms with Gasteiger partial charge in [-0.1, -0.05) is 72.6 Å². The molecule has 154 valence electrons. The summed E-state index contributed by atoms with van der Waals surface area (Å²) in [6, 6.07) is 0. The predicted molar refractivity (Wildman–Crippen MR) is 107 cm³/mol. The molecule has 0 spiro atoms. The van der Waals surface area contributed by atoms with Crippen LogP contribution in [0, 0.1) is 5.41 Å². The summed E-state index contributed by atoms with van der Waals surface area (Å²) < 4.78 is 10.7. The van der Waals surface area contributed by atoms with Crippen molar-refractivity contribution in [3.05, 3.63) is 0 Å². The lowest BCUT2D eigenvalue weighted by molar-refractivity contribution is -0.153. The number of carbonyl (C=O) groups is 2. The molecule has 0 aromatic rings. The van der Waals surface area contributed by atoms with Crippen molar-refractivity contribution in [1.29, 1.82) is 0 Å². The Morgan fingerprint density at radius 2 is 1.27 bits per heavy atom. The van der Waals surface area contributed by atoms with Crippen molar-refractivity contribution < 1.29 is 19.1 Å². The Bertz CT molecular complexity index is 371. The van der Waals surface area contributed by atoms with Gasteiger partial charge in [0.05, 0.1) is 6.61 Å². The molecule has 0 aliphatic heterocycles. The SMILES string of the molecule is CCCCCCOC(=O)CCCCCCCCC(=O)OC(C)C(C)(C)C. The highest BCUT2D eigenvalue weighted by Gasteiger charge is 2.23. The Morgan fingerprint density at radius 1 is 0.769 bits per heavy atom. The number of rotatable bonds is 15. The van der Waals surface area contributed by atoms with Gasteiger partial charge in [-0.3, -0.25) is 9.59 Å². The third-order valence-electron chi connectivity index (χ3n) is 4.80. The van der Waals surface area contributed by atoms with Crippen molar-refractivity contribution in [2.75, 3.05) is 6.61 Å². The first-order chi connectivity index (χ1) is 12.3. The summed E-state index contributed by atoms with van der Waals surface area (Å²) in [7, 11) is 0. The van der Waals surface area contributed by atoms with Gasteiger partial charge in [0.25, 0.3) is 0 Å². The van der Waals surface area contributed by atoms with E-state index in [-0.39, 0.29) is 23.5 Å². The number of hydrogen-bond donors (Lipinski definition) is 0. The molecule has 26 heavy (non-hydrogen) atoms. The molecule has 0 radical (unpaired) electrons. The molecular weight excluding hydrogens is 328 g/mol. The van der Waals surface area contributed by atoms with Crippen LogP contribution < -0.4 is 0 Å². The number of hydrogen-bond acceptors (Lipinski definition) is 4. The van der Waals surface area contributed by atoms with Gasteiger partial charge in [-0.15, -0.1) is 0 Å². The second-order valence-corrected chi connectivity index (χ2v) is 8.40. The molecular formula is C22H42O4. The molecule has 4 nitrogen and oxygen atoms in total. The highest BCUT2D eigenvalue weighted by Crippen LogP contribution is 2.22. The van der Waals surface area contributed by atoms with E-state index in [1.807, 2.05) is 6.92 Å². The summed E-state index contributed by atoms with van der Waals surface area (Å²) in [6.45, 7) is 10.9. The van der Waals surface area contributed by atoms with E-state index in [2.05, 4.69) is 27.7 Å². The van der Waals surface area contributed by atoms with Gasteiger partial charge in [0, 0.05) is 12.8 Å². The van der Waals surface area contributed by atoms with Gasteiger partial charge < -0.3 is 9.47 Å². The molecule has 0 rings (SSSR count). The van der Waals surface area contributed by atoms with Crippen LogP contribution in [0.5, 0.6) is 0 Å². The highest BCUT2D eigenvalue weighted by molar-refractivity contribution is 5.69. The molecule has 4 heteroatoms. The lowest BCUT2D eigenvalue weighted by Gasteiger charge is -2.26. The maximum atomic E-state index is 11.8. The summed E-state index contributed by atoms with van der Waals surface area (Å²) in [5, 5.41) is 0. The molecule has 0 aliphatic carbocycles. The zero-order valence-electron chi connectivity index (χ0n) is 17.9. The average Bonchev–Trinajstić information content (AvgIpc) is 2.56. The van der Waals surface area contributed by atoms with E-state index in [9.17, 15) is 9.59 Å². The van der Waals surface area contributed by atoms with Gasteiger partial charge in [-0.05, 0) is 31.6 Å². The molecule has 1 atom stereocenters. The van der Waals surface area contributed by atoms with Crippen molar-refractivity contribution >= 4 is 11.9 Å². The molecule has 0 saturated carbocycles. The van der Waals surface area contributed by atoms with Crippen molar-refractivity contribution in [2.24, 2.45) is 5.41 Å². The second-order valence-electron chi connectivity index (χ2n) is 8.40. The molecule has 0 bridgehead atoms. The zero-order chi connectivity index (χ0) is 19.8. The molecule has 1 unspecified atom stereocenters. The van der Waals surface area contributed by atoms with Crippen LogP contribution in [0.2, 0.25) is 0 Å². The second kappa shape index (κ2) is 15.0. The normalized spacial score (nSPS) is 12.7. The topological polar surface area (TPSA) is 52.6 Å². The number of esters is 2. The van der Waals surface area contributed by atoms with Gasteiger partial charge in [0.15, 0.2) is 0 Å². The van der Waals surface area contributed by atoms with E-state index in [1.165, 1.54) is 12.8 Å². The van der Waals surface area contributed by atoms with Crippen LogP contribution in [0.15, 0.2) is 0 Å². The summed E-state index contributed by atoms with van der Waals surface area (Å²) in [4.78, 5) is 23.4. The minimum absolute atomic E-state index is 0.00762. The third-order valence-corrected chi connectivity index (χ3v) is 4.80. The van der Waals surface area contributed by atoms with Crippen molar-refractivity contribution in [1.82, 2.24) is 0 Å². The largest absolute Gasteiger partial charge is 0.466 e. The van der Waals surface area contributed by atoms with E-state index < -0.39 is 0 Å². The lowest BCUT2D eigenvalue weighted by atomic mass is 9.90. The Morgan fingerprint density at radius 3 is 1.81 bits per heavy atom. The first-order valence-corrected chi connectivity index (χ1v) is 10.6. The molecule has 0 fully saturated rings. The van der Waals surface area contributed by atoms with Crippen LogP contribution in [-0.4, -0.2) is 24.6 Å². The molecule has 0 N–H and O–H groups in total. The maximum absolute atomic E-state index is 11.8. The van der Waals surface area contributed by atoms with Gasteiger partial charge >= 0.3 is 11.9 Å². The van der Waals surface area contributed by atoms with Crippen molar-refractivity contribution in [2.45, 2.75) is 118 Å². The molecule has 0 aromatic carbocycles. The summed E-state index contributed by atoms with van der Waals surface area (Å²) in [6.07, 6.45) is 11.6. The van der Waals surface area contributed by atoms with Crippen LogP contribution in [0.4, 0.5) is 0 Å². The Kier molecular flexibility index (Phi) is 14.4. The van der Waals surface area contributed by atoms with E-state index in [4.69, 9.17) is 9.47 Å². The minimum atomic E-state index is -0.0888. The van der Waals surface area contributed by atoms with Crippen LogP contribution in [0.1, 0.15) is 112 Å². The van der Waals surface area contributed by atoms with Crippen molar-refractivity contribution in [3.63, 3.8) is 0 Å². The molecule has 0 aromatic heterocycles. The third kappa shape index (κ3) is 15.2. The Hall–Kier alpha value is -1.06. The van der Waals surface area contributed by atoms with Gasteiger partial charge in [0.1, 0.15) is 6.10 Å².